The largest absolute Gasteiger partial charge is 0.397 e. The number of fused-ring (bicyclic) bond motifs is 3. The van der Waals surface area contributed by atoms with Crippen molar-refractivity contribution in [3.8, 4) is 22.5 Å². The van der Waals surface area contributed by atoms with Gasteiger partial charge in [-0.25, -0.2) is 4.68 Å². The van der Waals surface area contributed by atoms with Gasteiger partial charge >= 0.3 is 6.18 Å². The van der Waals surface area contributed by atoms with Gasteiger partial charge in [0.1, 0.15) is 11.2 Å². The third-order valence-corrected chi connectivity index (χ3v) is 7.11. The number of halogens is 4. The number of alkyl halides is 3. The topological polar surface area (TPSA) is 30.7 Å². The maximum atomic E-state index is 14.8. The molecule has 0 radical (unpaired) electrons. The van der Waals surface area contributed by atoms with E-state index in [4.69, 9.17) is 11.6 Å². The van der Waals surface area contributed by atoms with Crippen molar-refractivity contribution >= 4 is 11.6 Å². The van der Waals surface area contributed by atoms with Crippen LogP contribution in [-0.2, 0) is 5.54 Å². The first-order chi connectivity index (χ1) is 15.4. The molecule has 6 rings (SSSR count). The number of benzene rings is 3. The van der Waals surface area contributed by atoms with Crippen molar-refractivity contribution in [3.05, 3.63) is 95.0 Å². The summed E-state index contributed by atoms with van der Waals surface area (Å²) in [5.41, 5.74) is 0.332. The first kappa shape index (κ1) is 19.6. The van der Waals surface area contributed by atoms with Gasteiger partial charge in [-0.15, -0.1) is 5.10 Å². The quantitative estimate of drug-likeness (QED) is 0.346. The zero-order chi connectivity index (χ0) is 22.1. The molecule has 3 nitrogen and oxygen atoms in total. The van der Waals surface area contributed by atoms with Gasteiger partial charge in [0.2, 0.25) is 0 Å². The predicted molar refractivity (Wildman–Crippen MR) is 116 cm³/mol. The maximum absolute atomic E-state index is 14.8. The minimum atomic E-state index is -4.41. The smallest absolute Gasteiger partial charge is 0.228 e. The van der Waals surface area contributed by atoms with Crippen LogP contribution in [0.1, 0.15) is 24.0 Å². The Morgan fingerprint density at radius 1 is 0.844 bits per heavy atom. The van der Waals surface area contributed by atoms with Crippen LogP contribution in [-0.4, -0.2) is 21.2 Å². The first-order valence-corrected chi connectivity index (χ1v) is 10.7. The number of rotatable bonds is 3. The van der Waals surface area contributed by atoms with Gasteiger partial charge in [-0.1, -0.05) is 83.5 Å². The van der Waals surface area contributed by atoms with Gasteiger partial charge in [0, 0.05) is 16.1 Å². The van der Waals surface area contributed by atoms with Crippen LogP contribution in [0.2, 0.25) is 5.02 Å². The zero-order valence-corrected chi connectivity index (χ0v) is 17.5. The van der Waals surface area contributed by atoms with Gasteiger partial charge in [-0.05, 0) is 36.1 Å². The molecule has 1 fully saturated rings. The highest BCUT2D eigenvalue weighted by Crippen LogP contribution is 2.72. The standard InChI is InChI=1S/C25H17ClF3N3/c26-18-12-10-16(11-13-18)21-22-19-8-4-5-9-20(19)24(32(22)31-30-21,17-6-2-1-3-7-17)23(14-15-23)25(27,28)29/h1-13H,14-15H2. The van der Waals surface area contributed by atoms with E-state index < -0.39 is 17.1 Å². The Hall–Kier alpha value is -3.12. The summed E-state index contributed by atoms with van der Waals surface area (Å²) in [4.78, 5) is 0. The maximum Gasteiger partial charge on any atom is 0.397 e. The van der Waals surface area contributed by atoms with E-state index in [2.05, 4.69) is 10.3 Å². The summed E-state index contributed by atoms with van der Waals surface area (Å²) >= 11 is 6.05. The fraction of sp³-hybridized carbons (Fsp3) is 0.200. The van der Waals surface area contributed by atoms with Crippen LogP contribution < -0.4 is 0 Å². The molecule has 1 aromatic heterocycles. The van der Waals surface area contributed by atoms with E-state index in [0.717, 1.165) is 11.1 Å². The number of aromatic nitrogens is 3. The van der Waals surface area contributed by atoms with E-state index in [1.165, 1.54) is 4.68 Å². The molecular weight excluding hydrogens is 435 g/mol. The Balaban J connectivity index is 1.73. The van der Waals surface area contributed by atoms with Gasteiger partial charge in [0.25, 0.3) is 0 Å². The predicted octanol–water partition coefficient (Wildman–Crippen LogP) is 6.71. The van der Waals surface area contributed by atoms with E-state index in [1.807, 2.05) is 30.3 Å². The van der Waals surface area contributed by atoms with E-state index in [0.29, 0.717) is 27.5 Å². The second-order valence-electron chi connectivity index (χ2n) is 8.41. The van der Waals surface area contributed by atoms with Crippen LogP contribution >= 0.6 is 11.6 Å². The lowest BCUT2D eigenvalue weighted by Crippen LogP contribution is -2.50. The van der Waals surface area contributed by atoms with Gasteiger partial charge in [-0.2, -0.15) is 13.2 Å². The zero-order valence-electron chi connectivity index (χ0n) is 16.8. The van der Waals surface area contributed by atoms with Crippen molar-refractivity contribution < 1.29 is 13.2 Å². The lowest BCUT2D eigenvalue weighted by atomic mass is 9.70. The fourth-order valence-corrected chi connectivity index (χ4v) is 5.48. The number of hydrogen-bond acceptors (Lipinski definition) is 2. The molecule has 0 amide bonds. The monoisotopic (exact) mass is 451 g/mol. The van der Waals surface area contributed by atoms with E-state index in [-0.39, 0.29) is 12.8 Å². The summed E-state index contributed by atoms with van der Waals surface area (Å²) in [5.74, 6) is 0. The molecular formula is C25H17ClF3N3. The van der Waals surface area contributed by atoms with Crippen LogP contribution in [0.4, 0.5) is 13.2 Å². The van der Waals surface area contributed by atoms with Crippen molar-refractivity contribution in [2.24, 2.45) is 5.41 Å². The van der Waals surface area contributed by atoms with Crippen LogP contribution in [0.3, 0.4) is 0 Å². The van der Waals surface area contributed by atoms with Crippen LogP contribution in [0.5, 0.6) is 0 Å². The lowest BCUT2D eigenvalue weighted by molar-refractivity contribution is -0.208. The molecule has 2 heterocycles. The van der Waals surface area contributed by atoms with E-state index in [9.17, 15) is 13.2 Å². The third-order valence-electron chi connectivity index (χ3n) is 6.85. The normalized spacial score (nSPS) is 20.6. The summed E-state index contributed by atoms with van der Waals surface area (Å²) in [6, 6.07) is 23.3. The van der Waals surface area contributed by atoms with Crippen LogP contribution in [0, 0.1) is 5.41 Å². The van der Waals surface area contributed by atoms with E-state index >= 15 is 0 Å². The van der Waals surface area contributed by atoms with Gasteiger partial charge < -0.3 is 0 Å². The lowest BCUT2D eigenvalue weighted by Gasteiger charge is -2.41. The second-order valence-corrected chi connectivity index (χ2v) is 8.84. The molecule has 1 aliphatic heterocycles. The summed E-state index contributed by atoms with van der Waals surface area (Å²) < 4.78 is 45.8. The second kappa shape index (κ2) is 6.45. The molecule has 1 atom stereocenters. The molecule has 1 saturated carbocycles. The van der Waals surface area contributed by atoms with Crippen molar-refractivity contribution in [1.29, 1.82) is 0 Å². The summed E-state index contributed by atoms with van der Waals surface area (Å²) in [5, 5.41) is 9.35. The Kier molecular flexibility index (Phi) is 3.94. The Morgan fingerprint density at radius 3 is 2.16 bits per heavy atom. The van der Waals surface area contributed by atoms with Crippen LogP contribution in [0.25, 0.3) is 22.5 Å². The molecule has 0 bridgehead atoms. The highest BCUT2D eigenvalue weighted by molar-refractivity contribution is 6.30. The molecule has 1 unspecified atom stereocenters. The molecule has 160 valence electrons. The Labute approximate surface area is 187 Å². The van der Waals surface area contributed by atoms with Crippen LogP contribution in [0.15, 0.2) is 78.9 Å². The van der Waals surface area contributed by atoms with Crippen molar-refractivity contribution in [1.82, 2.24) is 15.0 Å². The molecule has 0 spiro atoms. The highest BCUT2D eigenvalue weighted by atomic mass is 35.5. The summed E-state index contributed by atoms with van der Waals surface area (Å²) in [6.07, 6.45) is -4.34. The molecule has 32 heavy (non-hydrogen) atoms. The first-order valence-electron chi connectivity index (χ1n) is 10.3. The number of nitrogens with zero attached hydrogens (tertiary/aromatic N) is 3. The fourth-order valence-electron chi connectivity index (χ4n) is 5.35. The molecule has 4 aromatic rings. The molecule has 1 aliphatic carbocycles. The minimum Gasteiger partial charge on any atom is -0.228 e. The molecule has 2 aliphatic rings. The van der Waals surface area contributed by atoms with Crippen molar-refractivity contribution in [2.45, 2.75) is 24.6 Å². The SMILES string of the molecule is FC(F)(F)C1(C2(c3ccccc3)c3ccccc3-c3c(-c4ccc(Cl)cc4)nnn32)CC1. The van der Waals surface area contributed by atoms with Crippen molar-refractivity contribution in [3.63, 3.8) is 0 Å². The average Bonchev–Trinajstić information content (AvgIpc) is 3.42. The number of hydrogen-bond donors (Lipinski definition) is 0. The molecule has 3 aromatic carbocycles. The summed E-state index contributed by atoms with van der Waals surface area (Å²) in [7, 11) is 0. The van der Waals surface area contributed by atoms with Gasteiger partial charge in [-0.3, -0.25) is 0 Å². The third kappa shape index (κ3) is 2.33. The van der Waals surface area contributed by atoms with Crippen molar-refractivity contribution in [2.75, 3.05) is 0 Å². The molecule has 0 saturated heterocycles. The van der Waals surface area contributed by atoms with Gasteiger partial charge in [0.15, 0.2) is 0 Å². The summed E-state index contributed by atoms with van der Waals surface area (Å²) in [6.45, 7) is 0. The minimum absolute atomic E-state index is 0.0370. The molecule has 0 N–H and O–H groups in total. The average molecular weight is 452 g/mol. The van der Waals surface area contributed by atoms with E-state index in [1.54, 1.807) is 48.5 Å². The highest BCUT2D eigenvalue weighted by Gasteiger charge is 2.77. The Bertz CT molecular complexity index is 1320. The molecule has 7 heteroatoms. The van der Waals surface area contributed by atoms with Gasteiger partial charge in [0.05, 0.1) is 11.1 Å². The Morgan fingerprint density at radius 2 is 1.50 bits per heavy atom.